The molecule has 0 spiro atoms. The molecule has 4 aromatic rings. The number of hydrogen-bond acceptors (Lipinski definition) is 6. The first-order valence-corrected chi connectivity index (χ1v) is 10.8. The monoisotopic (exact) mass is 448 g/mol. The Bertz CT molecular complexity index is 1280. The number of halogens is 1. The molecule has 1 aliphatic rings. The van der Waals surface area contributed by atoms with E-state index in [1.54, 1.807) is 22.0 Å². The van der Waals surface area contributed by atoms with Crippen molar-refractivity contribution >= 4 is 17.5 Å². The smallest absolute Gasteiger partial charge is 0.275 e. The predicted molar refractivity (Wildman–Crippen MR) is 119 cm³/mol. The minimum absolute atomic E-state index is 0.180. The standard InChI is InChI=1S/C23H21ClN6O2/c1-14-9-10-18(30-13-5-11-25-30)20(26-14)23(31)29-12-4-8-19(29)22-27-21(28-32-22)16-6-3-7-17(24)15(16)2/h3,5-7,9-11,13,19H,4,8,12H2,1-2H3. The van der Waals surface area contributed by atoms with Crippen LogP contribution in [0.25, 0.3) is 17.1 Å². The molecule has 4 heterocycles. The lowest BCUT2D eigenvalue weighted by Gasteiger charge is -2.22. The number of nitrogens with zero attached hydrogens (tertiary/aromatic N) is 6. The van der Waals surface area contributed by atoms with Gasteiger partial charge in [-0.05, 0) is 56.5 Å². The van der Waals surface area contributed by atoms with Gasteiger partial charge in [0.2, 0.25) is 11.7 Å². The average molecular weight is 449 g/mol. The number of likely N-dealkylation sites (tertiary alicyclic amines) is 1. The molecule has 1 fully saturated rings. The summed E-state index contributed by atoms with van der Waals surface area (Å²) in [6, 6.07) is 10.8. The Morgan fingerprint density at radius 3 is 2.84 bits per heavy atom. The van der Waals surface area contributed by atoms with Gasteiger partial charge in [0.15, 0.2) is 5.69 Å². The highest BCUT2D eigenvalue weighted by molar-refractivity contribution is 6.31. The van der Waals surface area contributed by atoms with Gasteiger partial charge in [-0.25, -0.2) is 9.67 Å². The van der Waals surface area contributed by atoms with Gasteiger partial charge in [-0.2, -0.15) is 10.1 Å². The Morgan fingerprint density at radius 2 is 2.03 bits per heavy atom. The van der Waals surface area contributed by atoms with Gasteiger partial charge in [0.25, 0.3) is 5.91 Å². The van der Waals surface area contributed by atoms with Gasteiger partial charge in [-0.3, -0.25) is 4.79 Å². The third-order valence-electron chi connectivity index (χ3n) is 5.72. The van der Waals surface area contributed by atoms with Gasteiger partial charge in [0, 0.05) is 35.2 Å². The highest BCUT2D eigenvalue weighted by Gasteiger charge is 2.36. The summed E-state index contributed by atoms with van der Waals surface area (Å²) in [7, 11) is 0. The summed E-state index contributed by atoms with van der Waals surface area (Å²) in [6.45, 7) is 4.37. The fourth-order valence-electron chi connectivity index (χ4n) is 4.04. The third-order valence-corrected chi connectivity index (χ3v) is 6.13. The van der Waals surface area contributed by atoms with Crippen molar-refractivity contribution < 1.29 is 9.32 Å². The van der Waals surface area contributed by atoms with E-state index in [-0.39, 0.29) is 11.9 Å². The summed E-state index contributed by atoms with van der Waals surface area (Å²) in [5, 5.41) is 9.07. The summed E-state index contributed by atoms with van der Waals surface area (Å²) in [5.74, 6) is 0.698. The molecule has 8 nitrogen and oxygen atoms in total. The minimum Gasteiger partial charge on any atom is -0.337 e. The predicted octanol–water partition coefficient (Wildman–Crippen LogP) is 4.56. The van der Waals surface area contributed by atoms with Crippen molar-refractivity contribution in [2.45, 2.75) is 32.7 Å². The Kier molecular flexibility index (Phi) is 5.22. The second-order valence-electron chi connectivity index (χ2n) is 7.80. The summed E-state index contributed by atoms with van der Waals surface area (Å²) in [6.07, 6.45) is 5.05. The Hall–Kier alpha value is -3.52. The molecule has 5 rings (SSSR count). The molecule has 1 atom stereocenters. The molecule has 1 saturated heterocycles. The lowest BCUT2D eigenvalue weighted by atomic mass is 10.1. The first-order valence-electron chi connectivity index (χ1n) is 10.4. The van der Waals surface area contributed by atoms with Gasteiger partial charge in [-0.1, -0.05) is 28.9 Å². The normalized spacial score (nSPS) is 16.0. The number of aryl methyl sites for hydroxylation is 1. The number of pyridine rings is 1. The summed E-state index contributed by atoms with van der Waals surface area (Å²) < 4.78 is 7.25. The van der Waals surface area contributed by atoms with Crippen molar-refractivity contribution in [2.24, 2.45) is 0 Å². The van der Waals surface area contributed by atoms with Crippen molar-refractivity contribution in [1.82, 2.24) is 29.8 Å². The van der Waals surface area contributed by atoms with Crippen molar-refractivity contribution in [3.63, 3.8) is 0 Å². The molecule has 0 N–H and O–H groups in total. The zero-order valence-electron chi connectivity index (χ0n) is 17.7. The molecule has 0 radical (unpaired) electrons. The zero-order valence-corrected chi connectivity index (χ0v) is 18.5. The number of carbonyl (C=O) groups is 1. The molecule has 1 amide bonds. The van der Waals surface area contributed by atoms with Gasteiger partial charge in [-0.15, -0.1) is 0 Å². The Balaban J connectivity index is 1.48. The Labute approximate surface area is 189 Å². The van der Waals surface area contributed by atoms with E-state index in [0.717, 1.165) is 29.7 Å². The van der Waals surface area contributed by atoms with Crippen LogP contribution in [0.15, 0.2) is 53.3 Å². The van der Waals surface area contributed by atoms with Crippen molar-refractivity contribution in [1.29, 1.82) is 0 Å². The average Bonchev–Trinajstić information content (AvgIpc) is 3.56. The molecule has 0 saturated carbocycles. The molecule has 0 aliphatic carbocycles. The molecule has 9 heteroatoms. The molecule has 32 heavy (non-hydrogen) atoms. The topological polar surface area (TPSA) is 89.9 Å². The van der Waals surface area contributed by atoms with Crippen LogP contribution < -0.4 is 0 Å². The molecular weight excluding hydrogens is 428 g/mol. The van der Waals surface area contributed by atoms with Crippen molar-refractivity contribution in [3.05, 3.63) is 76.7 Å². The first-order chi connectivity index (χ1) is 15.5. The fourth-order valence-corrected chi connectivity index (χ4v) is 4.21. The fraction of sp³-hybridized carbons (Fsp3) is 0.261. The van der Waals surface area contributed by atoms with Gasteiger partial charge in [0.1, 0.15) is 6.04 Å². The van der Waals surface area contributed by atoms with E-state index in [4.69, 9.17) is 16.1 Å². The van der Waals surface area contributed by atoms with E-state index in [9.17, 15) is 4.79 Å². The maximum Gasteiger partial charge on any atom is 0.275 e. The van der Waals surface area contributed by atoms with E-state index in [2.05, 4.69) is 20.2 Å². The summed E-state index contributed by atoms with van der Waals surface area (Å²) >= 11 is 6.25. The number of carbonyl (C=O) groups excluding carboxylic acids is 1. The van der Waals surface area contributed by atoms with E-state index >= 15 is 0 Å². The number of benzene rings is 1. The van der Waals surface area contributed by atoms with E-state index < -0.39 is 0 Å². The van der Waals surface area contributed by atoms with Gasteiger partial charge in [0.05, 0.1) is 5.69 Å². The SMILES string of the molecule is Cc1ccc(-n2cccn2)c(C(=O)N2CCCC2c2nc(-c3cccc(Cl)c3C)no2)n1. The van der Waals surface area contributed by atoms with Crippen LogP contribution in [0, 0.1) is 13.8 Å². The van der Waals surface area contributed by atoms with Crippen LogP contribution in [-0.4, -0.2) is 42.3 Å². The van der Waals surface area contributed by atoms with Crippen LogP contribution in [0.5, 0.6) is 0 Å². The molecular formula is C23H21ClN6O2. The molecule has 3 aromatic heterocycles. The summed E-state index contributed by atoms with van der Waals surface area (Å²) in [4.78, 5) is 24.5. The van der Waals surface area contributed by atoms with Crippen molar-refractivity contribution in [2.75, 3.05) is 6.54 Å². The molecule has 1 aromatic carbocycles. The molecule has 1 aliphatic heterocycles. The zero-order chi connectivity index (χ0) is 22.2. The first kappa shape index (κ1) is 20.4. The quantitative estimate of drug-likeness (QED) is 0.454. The third kappa shape index (κ3) is 3.56. The van der Waals surface area contributed by atoms with Crippen LogP contribution in [0.4, 0.5) is 0 Å². The van der Waals surface area contributed by atoms with E-state index in [0.29, 0.717) is 34.7 Å². The summed E-state index contributed by atoms with van der Waals surface area (Å²) in [5.41, 5.74) is 3.44. The van der Waals surface area contributed by atoms with Gasteiger partial charge < -0.3 is 9.42 Å². The van der Waals surface area contributed by atoms with Crippen LogP contribution in [0.1, 0.15) is 46.5 Å². The molecule has 162 valence electrons. The van der Waals surface area contributed by atoms with Crippen molar-refractivity contribution in [3.8, 4) is 17.1 Å². The maximum atomic E-state index is 13.6. The maximum absolute atomic E-state index is 13.6. The van der Waals surface area contributed by atoms with Crippen LogP contribution in [-0.2, 0) is 0 Å². The van der Waals surface area contributed by atoms with Gasteiger partial charge >= 0.3 is 0 Å². The number of aromatic nitrogens is 5. The number of hydrogen-bond donors (Lipinski definition) is 0. The second kappa shape index (κ2) is 8.20. The molecule has 0 bridgehead atoms. The van der Waals surface area contributed by atoms with E-state index in [1.807, 2.05) is 50.2 Å². The minimum atomic E-state index is -0.309. The highest BCUT2D eigenvalue weighted by Crippen LogP contribution is 2.34. The van der Waals surface area contributed by atoms with Crippen LogP contribution >= 0.6 is 11.6 Å². The molecule has 1 unspecified atom stereocenters. The largest absolute Gasteiger partial charge is 0.337 e. The lowest BCUT2D eigenvalue weighted by molar-refractivity contribution is 0.0703. The van der Waals surface area contributed by atoms with Crippen LogP contribution in [0.3, 0.4) is 0 Å². The second-order valence-corrected chi connectivity index (χ2v) is 8.20. The highest BCUT2D eigenvalue weighted by atomic mass is 35.5. The number of amides is 1. The van der Waals surface area contributed by atoms with Crippen LogP contribution in [0.2, 0.25) is 5.02 Å². The lowest BCUT2D eigenvalue weighted by Crippen LogP contribution is -2.32. The van der Waals surface area contributed by atoms with E-state index in [1.165, 1.54) is 0 Å². The Morgan fingerprint density at radius 1 is 1.16 bits per heavy atom. The number of rotatable bonds is 4.